The molecule has 43 heavy (non-hydrogen) atoms. The van der Waals surface area contributed by atoms with Crippen LogP contribution in [-0.2, 0) is 24.4 Å². The van der Waals surface area contributed by atoms with E-state index in [9.17, 15) is 23.2 Å². The lowest BCUT2D eigenvalue weighted by molar-refractivity contribution is -0.274. The SMILES string of the molecule is Cc1c(CNc2ccc(CN3CCOC3=O)c(OCc3ccccc3C#N)c2)cccc1-c1ccc(OC(F)(F)F)cc1. The summed E-state index contributed by atoms with van der Waals surface area (Å²) in [6.07, 6.45) is -5.12. The van der Waals surface area contributed by atoms with E-state index in [0.29, 0.717) is 37.6 Å². The van der Waals surface area contributed by atoms with Crippen molar-refractivity contribution in [2.45, 2.75) is 33.0 Å². The van der Waals surface area contributed by atoms with E-state index in [4.69, 9.17) is 9.47 Å². The first-order valence-corrected chi connectivity index (χ1v) is 13.5. The fraction of sp³-hybridized carbons (Fsp3) is 0.212. The quantitative estimate of drug-likeness (QED) is 0.206. The molecule has 1 aliphatic rings. The highest BCUT2D eigenvalue weighted by Crippen LogP contribution is 2.31. The maximum atomic E-state index is 12.5. The second-order valence-corrected chi connectivity index (χ2v) is 9.93. The lowest BCUT2D eigenvalue weighted by atomic mass is 9.96. The molecule has 1 fully saturated rings. The number of nitriles is 1. The summed E-state index contributed by atoms with van der Waals surface area (Å²) in [7, 11) is 0. The van der Waals surface area contributed by atoms with Crippen LogP contribution in [0, 0.1) is 18.3 Å². The van der Waals surface area contributed by atoms with Crippen LogP contribution in [0.15, 0.2) is 84.9 Å². The monoisotopic (exact) mass is 587 g/mol. The molecule has 1 saturated heterocycles. The zero-order chi connectivity index (χ0) is 30.4. The molecular formula is C33H28F3N3O4. The van der Waals surface area contributed by atoms with Gasteiger partial charge in [-0.3, -0.25) is 0 Å². The number of nitrogens with zero attached hydrogens (tertiary/aromatic N) is 2. The molecule has 0 unspecified atom stereocenters. The van der Waals surface area contributed by atoms with E-state index in [2.05, 4.69) is 16.1 Å². The van der Waals surface area contributed by atoms with E-state index in [-0.39, 0.29) is 18.4 Å². The number of carbonyl (C=O) groups is 1. The number of hydrogen-bond acceptors (Lipinski definition) is 6. The van der Waals surface area contributed by atoms with E-state index < -0.39 is 6.36 Å². The highest BCUT2D eigenvalue weighted by Gasteiger charge is 2.31. The Balaban J connectivity index is 1.33. The topological polar surface area (TPSA) is 83.8 Å². The summed E-state index contributed by atoms with van der Waals surface area (Å²) in [6, 6.07) is 26.7. The van der Waals surface area contributed by atoms with Crippen molar-refractivity contribution >= 4 is 11.8 Å². The van der Waals surface area contributed by atoms with Crippen LogP contribution in [-0.4, -0.2) is 30.5 Å². The summed E-state index contributed by atoms with van der Waals surface area (Å²) in [5, 5.41) is 12.9. The Morgan fingerprint density at radius 2 is 1.74 bits per heavy atom. The van der Waals surface area contributed by atoms with Crippen molar-refractivity contribution < 1.29 is 32.2 Å². The second-order valence-electron chi connectivity index (χ2n) is 9.93. The third-order valence-corrected chi connectivity index (χ3v) is 7.12. The van der Waals surface area contributed by atoms with Gasteiger partial charge in [0.15, 0.2) is 0 Å². The molecule has 1 amide bonds. The molecule has 0 bridgehead atoms. The summed E-state index contributed by atoms with van der Waals surface area (Å²) in [5.41, 5.74) is 6.51. The summed E-state index contributed by atoms with van der Waals surface area (Å²) in [5.74, 6) is 0.301. The molecule has 4 aromatic carbocycles. The highest BCUT2D eigenvalue weighted by molar-refractivity contribution is 5.70. The van der Waals surface area contributed by atoms with Crippen LogP contribution in [0.2, 0.25) is 0 Å². The predicted molar refractivity (Wildman–Crippen MR) is 154 cm³/mol. The molecule has 0 aliphatic carbocycles. The van der Waals surface area contributed by atoms with Crippen LogP contribution in [0.3, 0.4) is 0 Å². The Kier molecular flexibility index (Phi) is 8.71. The average Bonchev–Trinajstić information content (AvgIpc) is 3.40. The number of ether oxygens (including phenoxy) is 3. The van der Waals surface area contributed by atoms with Gasteiger partial charge in [0, 0.05) is 29.4 Å². The molecule has 220 valence electrons. The van der Waals surface area contributed by atoms with Crippen LogP contribution < -0.4 is 14.8 Å². The Hall–Kier alpha value is -5.17. The van der Waals surface area contributed by atoms with Crippen molar-refractivity contribution in [1.82, 2.24) is 4.90 Å². The minimum absolute atomic E-state index is 0.179. The highest BCUT2D eigenvalue weighted by atomic mass is 19.4. The van der Waals surface area contributed by atoms with Gasteiger partial charge in [-0.1, -0.05) is 54.6 Å². The minimum atomic E-state index is -4.74. The van der Waals surface area contributed by atoms with E-state index in [0.717, 1.165) is 39.1 Å². The maximum absolute atomic E-state index is 12.5. The number of cyclic esters (lactones) is 1. The summed E-state index contributed by atoms with van der Waals surface area (Å²) in [6.45, 7) is 3.77. The zero-order valence-corrected chi connectivity index (χ0v) is 23.3. The first kappa shape index (κ1) is 29.3. The lowest BCUT2D eigenvalue weighted by Crippen LogP contribution is -2.23. The van der Waals surface area contributed by atoms with Crippen LogP contribution in [0.5, 0.6) is 11.5 Å². The van der Waals surface area contributed by atoms with E-state index in [1.54, 1.807) is 29.2 Å². The van der Waals surface area contributed by atoms with Crippen molar-refractivity contribution in [1.29, 1.82) is 5.26 Å². The third-order valence-electron chi connectivity index (χ3n) is 7.12. The number of alkyl halides is 3. The van der Waals surface area contributed by atoms with Gasteiger partial charge in [-0.2, -0.15) is 5.26 Å². The first-order valence-electron chi connectivity index (χ1n) is 13.5. The van der Waals surface area contributed by atoms with Crippen molar-refractivity contribution in [3.05, 3.63) is 113 Å². The van der Waals surface area contributed by atoms with Gasteiger partial charge in [0.1, 0.15) is 24.7 Å². The number of nitrogens with one attached hydrogen (secondary N) is 1. The molecule has 0 aromatic heterocycles. The van der Waals surface area contributed by atoms with Crippen molar-refractivity contribution in [3.63, 3.8) is 0 Å². The summed E-state index contributed by atoms with van der Waals surface area (Å²) in [4.78, 5) is 13.7. The molecule has 1 aliphatic heterocycles. The average molecular weight is 588 g/mol. The van der Waals surface area contributed by atoms with Gasteiger partial charge in [-0.25, -0.2) is 4.79 Å². The molecule has 0 radical (unpaired) electrons. The van der Waals surface area contributed by atoms with E-state index >= 15 is 0 Å². The molecule has 0 saturated carbocycles. The summed E-state index contributed by atoms with van der Waals surface area (Å²) >= 11 is 0. The maximum Gasteiger partial charge on any atom is 0.573 e. The zero-order valence-electron chi connectivity index (χ0n) is 23.3. The lowest BCUT2D eigenvalue weighted by Gasteiger charge is -2.19. The van der Waals surface area contributed by atoms with E-state index in [1.807, 2.05) is 55.5 Å². The number of halogens is 3. The number of anilines is 1. The Labute approximate surface area is 247 Å². The number of rotatable bonds is 10. The second kappa shape index (κ2) is 12.8. The van der Waals surface area contributed by atoms with Gasteiger partial charge in [0.2, 0.25) is 0 Å². The smallest absolute Gasteiger partial charge is 0.488 e. The van der Waals surface area contributed by atoms with Gasteiger partial charge in [0.25, 0.3) is 0 Å². The Morgan fingerprint density at radius 3 is 2.47 bits per heavy atom. The first-order chi connectivity index (χ1) is 20.7. The van der Waals surface area contributed by atoms with Crippen LogP contribution >= 0.6 is 0 Å². The molecule has 7 nitrogen and oxygen atoms in total. The van der Waals surface area contributed by atoms with Crippen LogP contribution in [0.1, 0.15) is 27.8 Å². The fourth-order valence-electron chi connectivity index (χ4n) is 4.84. The normalized spacial score (nSPS) is 12.9. The van der Waals surface area contributed by atoms with Gasteiger partial charge < -0.3 is 24.4 Å². The Morgan fingerprint density at radius 1 is 0.977 bits per heavy atom. The van der Waals surface area contributed by atoms with Gasteiger partial charge in [-0.15, -0.1) is 13.2 Å². The van der Waals surface area contributed by atoms with Crippen LogP contribution in [0.25, 0.3) is 11.1 Å². The predicted octanol–water partition coefficient (Wildman–Crippen LogP) is 7.58. The standard InChI is InChI=1S/C33H28F3N3O4/c1-22-25(7-4-8-30(22)23-10-13-29(14-11-23)43-33(34,35)36)19-38-28-12-9-26(20-39-15-16-41-32(39)40)31(17-28)42-21-27-6-3-2-5-24(27)18-37/h2-14,17,38H,15-16,19-21H2,1H3. The molecular weight excluding hydrogens is 559 g/mol. The third kappa shape index (κ3) is 7.38. The van der Waals surface area contributed by atoms with Gasteiger partial charge >= 0.3 is 12.5 Å². The largest absolute Gasteiger partial charge is 0.573 e. The number of amides is 1. The molecule has 1 N–H and O–H groups in total. The molecule has 4 aromatic rings. The van der Waals surface area contributed by atoms with Gasteiger partial charge in [-0.05, 0) is 53.4 Å². The van der Waals surface area contributed by atoms with Crippen molar-refractivity contribution in [2.24, 2.45) is 0 Å². The van der Waals surface area contributed by atoms with Crippen molar-refractivity contribution in [2.75, 3.05) is 18.5 Å². The molecule has 1 heterocycles. The molecule has 10 heteroatoms. The molecule has 5 rings (SSSR count). The summed E-state index contributed by atoms with van der Waals surface area (Å²) < 4.78 is 52.9. The number of carbonyl (C=O) groups excluding carboxylic acids is 1. The molecule has 0 atom stereocenters. The fourth-order valence-corrected chi connectivity index (χ4v) is 4.84. The van der Waals surface area contributed by atoms with Crippen LogP contribution in [0.4, 0.5) is 23.7 Å². The van der Waals surface area contributed by atoms with E-state index in [1.165, 1.54) is 12.1 Å². The number of hydrogen-bond donors (Lipinski definition) is 1. The van der Waals surface area contributed by atoms with Crippen molar-refractivity contribution in [3.8, 4) is 28.7 Å². The van der Waals surface area contributed by atoms with Gasteiger partial charge in [0.05, 0.1) is 24.7 Å². The Bertz CT molecular complexity index is 1650. The number of benzene rings is 4. The minimum Gasteiger partial charge on any atom is -0.488 e. The molecule has 0 spiro atoms.